The number of carbonyl (C=O) groups is 1. The Labute approximate surface area is 195 Å². The van der Waals surface area contributed by atoms with Gasteiger partial charge < -0.3 is 11.1 Å². The highest BCUT2D eigenvalue weighted by Gasteiger charge is 2.22. The second-order valence-electron chi connectivity index (χ2n) is 8.16. The lowest BCUT2D eigenvalue weighted by Gasteiger charge is -2.16. The third kappa shape index (κ3) is 3.65. The second-order valence-corrected chi connectivity index (χ2v) is 10.1. The molecule has 8 nitrogen and oxygen atoms in total. The standard InChI is InChI=1S/C25H21N5O3S/c1-14-3-7-18(8-4-14)34(32,33)19-9-15(2)23-20(11-19)24(21(13-27-23)25(26)31)29-17-6-5-16-12-28-30-22(16)10-17/h3-13H,1-2H3,(H2,26,31)(H,27,29)(H,28,30). The fraction of sp³-hybridized carbons (Fsp3) is 0.0800. The van der Waals surface area contributed by atoms with Crippen LogP contribution in [0.3, 0.4) is 0 Å². The number of amides is 1. The number of pyridine rings is 1. The fourth-order valence-electron chi connectivity index (χ4n) is 3.94. The number of nitrogens with one attached hydrogen (secondary N) is 2. The van der Waals surface area contributed by atoms with Crippen LogP contribution in [0.15, 0.2) is 76.8 Å². The zero-order chi connectivity index (χ0) is 24.0. The van der Waals surface area contributed by atoms with Crippen LogP contribution in [0.4, 0.5) is 11.4 Å². The summed E-state index contributed by atoms with van der Waals surface area (Å²) in [6.07, 6.45) is 3.12. The Morgan fingerprint density at radius 3 is 2.47 bits per heavy atom. The van der Waals surface area contributed by atoms with E-state index < -0.39 is 15.7 Å². The van der Waals surface area contributed by atoms with Gasteiger partial charge in [0.05, 0.1) is 38.3 Å². The van der Waals surface area contributed by atoms with Gasteiger partial charge in [-0.15, -0.1) is 0 Å². The summed E-state index contributed by atoms with van der Waals surface area (Å²) in [4.78, 5) is 17.0. The number of benzene rings is 3. The maximum absolute atomic E-state index is 13.4. The van der Waals surface area contributed by atoms with Crippen LogP contribution >= 0.6 is 0 Å². The van der Waals surface area contributed by atoms with E-state index in [-0.39, 0.29) is 15.4 Å². The van der Waals surface area contributed by atoms with Gasteiger partial charge in [-0.05, 0) is 61.9 Å². The smallest absolute Gasteiger partial charge is 0.252 e. The lowest BCUT2D eigenvalue weighted by molar-refractivity contribution is 0.100. The van der Waals surface area contributed by atoms with Crippen molar-refractivity contribution in [2.45, 2.75) is 23.6 Å². The average molecular weight is 472 g/mol. The minimum Gasteiger partial charge on any atom is -0.365 e. The molecule has 4 N–H and O–H groups in total. The largest absolute Gasteiger partial charge is 0.365 e. The zero-order valence-electron chi connectivity index (χ0n) is 18.5. The molecular formula is C25H21N5O3S. The van der Waals surface area contributed by atoms with E-state index in [0.29, 0.717) is 27.8 Å². The predicted molar refractivity (Wildman–Crippen MR) is 131 cm³/mol. The third-order valence-corrected chi connectivity index (χ3v) is 7.50. The number of H-pyrrole nitrogens is 1. The molecule has 0 aliphatic rings. The number of carbonyl (C=O) groups excluding carboxylic acids is 1. The summed E-state index contributed by atoms with van der Waals surface area (Å²) < 4.78 is 26.8. The number of rotatable bonds is 5. The fourth-order valence-corrected chi connectivity index (χ4v) is 5.31. The van der Waals surface area contributed by atoms with Gasteiger partial charge in [0.15, 0.2) is 0 Å². The number of aromatic nitrogens is 3. The van der Waals surface area contributed by atoms with Crippen LogP contribution in [0.25, 0.3) is 21.8 Å². The van der Waals surface area contributed by atoms with Crippen LogP contribution in [0.1, 0.15) is 21.5 Å². The van der Waals surface area contributed by atoms with Gasteiger partial charge >= 0.3 is 0 Å². The molecule has 0 saturated carbocycles. The number of primary amides is 1. The molecule has 5 rings (SSSR count). The van der Waals surface area contributed by atoms with E-state index in [2.05, 4.69) is 20.5 Å². The van der Waals surface area contributed by atoms with Gasteiger partial charge in [0.1, 0.15) is 0 Å². The van der Waals surface area contributed by atoms with Gasteiger partial charge in [-0.2, -0.15) is 5.10 Å². The Morgan fingerprint density at radius 1 is 0.971 bits per heavy atom. The molecule has 0 aliphatic heterocycles. The summed E-state index contributed by atoms with van der Waals surface area (Å²) in [5.41, 5.74) is 9.86. The van der Waals surface area contributed by atoms with Crippen LogP contribution in [0.5, 0.6) is 0 Å². The predicted octanol–water partition coefficient (Wildman–Crippen LogP) is 4.40. The first-order valence-electron chi connectivity index (χ1n) is 10.5. The van der Waals surface area contributed by atoms with Crippen molar-refractivity contribution in [3.05, 3.63) is 83.7 Å². The van der Waals surface area contributed by atoms with Crippen molar-refractivity contribution in [2.24, 2.45) is 5.73 Å². The van der Waals surface area contributed by atoms with E-state index in [9.17, 15) is 13.2 Å². The van der Waals surface area contributed by atoms with Gasteiger partial charge in [-0.3, -0.25) is 14.9 Å². The van der Waals surface area contributed by atoms with E-state index in [4.69, 9.17) is 5.73 Å². The molecule has 0 fully saturated rings. The monoisotopic (exact) mass is 471 g/mol. The highest BCUT2D eigenvalue weighted by molar-refractivity contribution is 7.91. The van der Waals surface area contributed by atoms with Crippen molar-refractivity contribution in [1.29, 1.82) is 0 Å². The van der Waals surface area contributed by atoms with Gasteiger partial charge in [0, 0.05) is 22.7 Å². The number of nitrogens with two attached hydrogens (primary N) is 1. The minimum absolute atomic E-state index is 0.108. The minimum atomic E-state index is -3.80. The topological polar surface area (TPSA) is 131 Å². The van der Waals surface area contributed by atoms with Crippen molar-refractivity contribution < 1.29 is 13.2 Å². The van der Waals surface area contributed by atoms with Gasteiger partial charge in [0.2, 0.25) is 9.84 Å². The summed E-state index contributed by atoms with van der Waals surface area (Å²) in [5.74, 6) is -0.677. The Hall–Kier alpha value is -4.24. The lowest BCUT2D eigenvalue weighted by atomic mass is 10.1. The number of fused-ring (bicyclic) bond motifs is 2. The van der Waals surface area contributed by atoms with Crippen LogP contribution in [0, 0.1) is 13.8 Å². The van der Waals surface area contributed by atoms with Crippen LogP contribution in [-0.2, 0) is 9.84 Å². The zero-order valence-corrected chi connectivity index (χ0v) is 19.3. The van der Waals surface area contributed by atoms with E-state index in [1.54, 1.807) is 43.5 Å². The quantitative estimate of drug-likeness (QED) is 0.348. The molecule has 0 bridgehead atoms. The number of hydrogen-bond donors (Lipinski definition) is 3. The van der Waals surface area contributed by atoms with Gasteiger partial charge in [-0.25, -0.2) is 8.42 Å². The van der Waals surface area contributed by atoms with Crippen LogP contribution in [0.2, 0.25) is 0 Å². The molecular weight excluding hydrogens is 450 g/mol. The molecule has 5 aromatic rings. The average Bonchev–Trinajstić information content (AvgIpc) is 3.27. The first-order valence-corrected chi connectivity index (χ1v) is 12.0. The third-order valence-electron chi connectivity index (χ3n) is 5.75. The number of sulfone groups is 1. The van der Waals surface area contributed by atoms with Crippen molar-refractivity contribution >= 4 is 48.9 Å². The summed E-state index contributed by atoms with van der Waals surface area (Å²) >= 11 is 0. The number of hydrogen-bond acceptors (Lipinski definition) is 6. The van der Waals surface area contributed by atoms with Crippen LogP contribution < -0.4 is 11.1 Å². The lowest BCUT2D eigenvalue weighted by Crippen LogP contribution is -2.14. The molecule has 34 heavy (non-hydrogen) atoms. The van der Waals surface area contributed by atoms with Crippen molar-refractivity contribution in [3.63, 3.8) is 0 Å². The molecule has 0 aliphatic carbocycles. The summed E-state index contributed by atoms with van der Waals surface area (Å²) in [5, 5.41) is 11.6. The molecule has 2 heterocycles. The summed E-state index contributed by atoms with van der Waals surface area (Å²) in [7, 11) is -3.80. The first-order chi connectivity index (χ1) is 16.2. The normalized spacial score (nSPS) is 11.7. The van der Waals surface area contributed by atoms with Crippen molar-refractivity contribution in [2.75, 3.05) is 5.32 Å². The van der Waals surface area contributed by atoms with E-state index in [0.717, 1.165) is 16.5 Å². The van der Waals surface area contributed by atoms with Gasteiger partial charge in [-0.1, -0.05) is 17.7 Å². The molecule has 2 aromatic heterocycles. The Kier molecular flexibility index (Phi) is 5.06. The number of anilines is 2. The molecule has 1 amide bonds. The van der Waals surface area contributed by atoms with Crippen molar-refractivity contribution in [3.8, 4) is 0 Å². The first kappa shape index (κ1) is 21.6. The maximum Gasteiger partial charge on any atom is 0.252 e. The molecule has 3 aromatic carbocycles. The van der Waals surface area contributed by atoms with E-state index >= 15 is 0 Å². The summed E-state index contributed by atoms with van der Waals surface area (Å²) in [6, 6.07) is 15.4. The molecule has 0 radical (unpaired) electrons. The molecule has 170 valence electrons. The molecule has 0 spiro atoms. The Morgan fingerprint density at radius 2 is 1.74 bits per heavy atom. The molecule has 0 atom stereocenters. The number of aryl methyl sites for hydroxylation is 2. The second kappa shape index (κ2) is 7.96. The van der Waals surface area contributed by atoms with Crippen molar-refractivity contribution in [1.82, 2.24) is 15.2 Å². The molecule has 0 saturated heterocycles. The highest BCUT2D eigenvalue weighted by atomic mass is 32.2. The Bertz CT molecular complexity index is 1690. The summed E-state index contributed by atoms with van der Waals surface area (Å²) in [6.45, 7) is 3.68. The van der Waals surface area contributed by atoms with Gasteiger partial charge in [0.25, 0.3) is 5.91 Å². The number of nitrogens with zero attached hydrogens (tertiary/aromatic N) is 2. The molecule has 9 heteroatoms. The highest BCUT2D eigenvalue weighted by Crippen LogP contribution is 2.34. The Balaban J connectivity index is 1.72. The van der Waals surface area contributed by atoms with E-state index in [1.165, 1.54) is 12.3 Å². The van der Waals surface area contributed by atoms with E-state index in [1.807, 2.05) is 25.1 Å². The SMILES string of the molecule is Cc1ccc(S(=O)(=O)c2cc(C)c3ncc(C(N)=O)c(Nc4ccc5cn[nH]c5c4)c3c2)cc1. The number of aromatic amines is 1. The molecule has 0 unspecified atom stereocenters. The van der Waals surface area contributed by atoms with Crippen LogP contribution in [-0.4, -0.2) is 29.5 Å². The maximum atomic E-state index is 13.4.